The van der Waals surface area contributed by atoms with Crippen molar-refractivity contribution in [1.82, 2.24) is 24.9 Å². The van der Waals surface area contributed by atoms with Gasteiger partial charge in [-0.3, -0.25) is 9.69 Å². The van der Waals surface area contributed by atoms with Gasteiger partial charge in [-0.2, -0.15) is 0 Å². The van der Waals surface area contributed by atoms with E-state index in [2.05, 4.69) is 44.3 Å². The molecule has 0 saturated carbocycles. The van der Waals surface area contributed by atoms with Crippen LogP contribution in [0.15, 0.2) is 53.4 Å². The number of fused-ring (bicyclic) bond motifs is 1. The van der Waals surface area contributed by atoms with Gasteiger partial charge >= 0.3 is 0 Å². The van der Waals surface area contributed by atoms with Gasteiger partial charge in [-0.15, -0.1) is 0 Å². The predicted molar refractivity (Wildman–Crippen MR) is 98.6 cm³/mol. The smallest absolute Gasteiger partial charge is 0.276 e. The first-order valence-electron chi connectivity index (χ1n) is 8.94. The largest absolute Gasteiger partial charge is 0.359 e. The quantitative estimate of drug-likeness (QED) is 0.692. The minimum absolute atomic E-state index is 0.187. The summed E-state index contributed by atoms with van der Waals surface area (Å²) in [6.07, 6.45) is 4.15. The lowest BCUT2D eigenvalue weighted by Gasteiger charge is -2.27. The van der Waals surface area contributed by atoms with Gasteiger partial charge in [-0.05, 0) is 23.6 Å². The first-order valence-corrected chi connectivity index (χ1v) is 8.94. The lowest BCUT2D eigenvalue weighted by Crippen LogP contribution is -2.29. The van der Waals surface area contributed by atoms with Crippen LogP contribution in [0.4, 0.5) is 0 Å². The molecule has 0 radical (unpaired) electrons. The molecule has 1 amide bonds. The first-order chi connectivity index (χ1) is 13.2. The van der Waals surface area contributed by atoms with Crippen LogP contribution in [-0.4, -0.2) is 44.4 Å². The summed E-state index contributed by atoms with van der Waals surface area (Å²) >= 11 is 0. The van der Waals surface area contributed by atoms with Crippen molar-refractivity contribution in [2.75, 3.05) is 13.6 Å². The SMILES string of the molecule is CN(Cc1ccncn1)C(=O)c1cc(CN2CCc3ccccc3C2)on1. The molecule has 0 spiro atoms. The van der Waals surface area contributed by atoms with E-state index in [9.17, 15) is 4.79 Å². The zero-order valence-corrected chi connectivity index (χ0v) is 15.2. The number of hydrogen-bond acceptors (Lipinski definition) is 6. The summed E-state index contributed by atoms with van der Waals surface area (Å²) in [6.45, 7) is 2.89. The van der Waals surface area contributed by atoms with Crippen LogP contribution in [-0.2, 0) is 26.1 Å². The lowest BCUT2D eigenvalue weighted by molar-refractivity contribution is 0.0772. The highest BCUT2D eigenvalue weighted by atomic mass is 16.5. The molecule has 0 N–H and O–H groups in total. The van der Waals surface area contributed by atoms with Crippen LogP contribution in [0, 0.1) is 0 Å². The maximum absolute atomic E-state index is 12.6. The van der Waals surface area contributed by atoms with E-state index < -0.39 is 0 Å². The van der Waals surface area contributed by atoms with Gasteiger partial charge in [0.2, 0.25) is 0 Å². The molecule has 138 valence electrons. The molecule has 0 unspecified atom stereocenters. The maximum Gasteiger partial charge on any atom is 0.276 e. The standard InChI is InChI=1S/C20H21N5O2/c1-24(12-17-6-8-21-14-22-17)20(26)19-10-18(27-23-19)13-25-9-7-15-4-2-3-5-16(15)11-25/h2-6,8,10,14H,7,9,11-13H2,1H3. The highest BCUT2D eigenvalue weighted by Crippen LogP contribution is 2.20. The molecule has 27 heavy (non-hydrogen) atoms. The molecule has 7 nitrogen and oxygen atoms in total. The third-order valence-electron chi connectivity index (χ3n) is 4.76. The molecule has 1 aliphatic rings. The second-order valence-electron chi connectivity index (χ2n) is 6.77. The Labute approximate surface area is 157 Å². The highest BCUT2D eigenvalue weighted by molar-refractivity contribution is 5.92. The van der Waals surface area contributed by atoms with Gasteiger partial charge in [-0.25, -0.2) is 9.97 Å². The normalized spacial score (nSPS) is 14.0. The van der Waals surface area contributed by atoms with Gasteiger partial charge in [0.05, 0.1) is 18.8 Å². The van der Waals surface area contributed by atoms with Gasteiger partial charge in [0.1, 0.15) is 6.33 Å². The minimum atomic E-state index is -0.187. The lowest BCUT2D eigenvalue weighted by atomic mass is 10.00. The average molecular weight is 363 g/mol. The number of carbonyl (C=O) groups excluding carboxylic acids is 1. The summed E-state index contributed by atoms with van der Waals surface area (Å²) in [6, 6.07) is 12.0. The van der Waals surface area contributed by atoms with Crippen molar-refractivity contribution in [3.63, 3.8) is 0 Å². The predicted octanol–water partition coefficient (Wildman–Crippen LogP) is 2.30. The third kappa shape index (κ3) is 4.03. The van der Waals surface area contributed by atoms with Crippen molar-refractivity contribution in [1.29, 1.82) is 0 Å². The van der Waals surface area contributed by atoms with E-state index in [0.717, 1.165) is 25.2 Å². The van der Waals surface area contributed by atoms with E-state index in [4.69, 9.17) is 4.52 Å². The molecule has 3 heterocycles. The highest BCUT2D eigenvalue weighted by Gasteiger charge is 2.21. The van der Waals surface area contributed by atoms with Gasteiger partial charge < -0.3 is 9.42 Å². The van der Waals surface area contributed by atoms with E-state index >= 15 is 0 Å². The molecule has 7 heteroatoms. The summed E-state index contributed by atoms with van der Waals surface area (Å²) in [5, 5.41) is 3.96. The van der Waals surface area contributed by atoms with Crippen molar-refractivity contribution in [2.45, 2.75) is 26.1 Å². The molecular formula is C20H21N5O2. The molecule has 1 aromatic carbocycles. The number of rotatable bonds is 5. The van der Waals surface area contributed by atoms with Crippen molar-refractivity contribution in [2.24, 2.45) is 0 Å². The topological polar surface area (TPSA) is 75.4 Å². The number of aromatic nitrogens is 3. The number of amides is 1. The Kier molecular flexibility index (Phi) is 4.93. The second kappa shape index (κ2) is 7.67. The summed E-state index contributed by atoms with van der Waals surface area (Å²) in [7, 11) is 1.72. The van der Waals surface area contributed by atoms with Crippen molar-refractivity contribution < 1.29 is 9.32 Å². The van der Waals surface area contributed by atoms with Crippen LogP contribution >= 0.6 is 0 Å². The van der Waals surface area contributed by atoms with E-state index in [1.165, 1.54) is 17.5 Å². The molecular weight excluding hydrogens is 342 g/mol. The molecule has 4 rings (SSSR count). The Morgan fingerprint density at radius 1 is 1.26 bits per heavy atom. The van der Waals surface area contributed by atoms with E-state index in [0.29, 0.717) is 24.5 Å². The third-order valence-corrected chi connectivity index (χ3v) is 4.76. The van der Waals surface area contributed by atoms with Gasteiger partial charge in [-0.1, -0.05) is 29.4 Å². The summed E-state index contributed by atoms with van der Waals surface area (Å²) < 4.78 is 5.41. The molecule has 0 bridgehead atoms. The number of benzene rings is 1. The molecule has 0 saturated heterocycles. The van der Waals surface area contributed by atoms with Crippen molar-refractivity contribution in [3.8, 4) is 0 Å². The molecule has 2 aromatic heterocycles. The number of hydrogen-bond donors (Lipinski definition) is 0. The molecule has 0 fully saturated rings. The van der Waals surface area contributed by atoms with Crippen LogP contribution in [0.1, 0.15) is 33.1 Å². The first kappa shape index (κ1) is 17.4. The zero-order valence-electron chi connectivity index (χ0n) is 15.2. The van der Waals surface area contributed by atoms with Crippen molar-refractivity contribution >= 4 is 5.91 Å². The fourth-order valence-corrected chi connectivity index (χ4v) is 3.32. The van der Waals surface area contributed by atoms with Gasteiger partial charge in [0, 0.05) is 32.4 Å². The number of nitrogens with zero attached hydrogens (tertiary/aromatic N) is 5. The Morgan fingerprint density at radius 2 is 2.11 bits per heavy atom. The molecule has 0 atom stereocenters. The second-order valence-corrected chi connectivity index (χ2v) is 6.77. The minimum Gasteiger partial charge on any atom is -0.359 e. The summed E-state index contributed by atoms with van der Waals surface area (Å²) in [4.78, 5) is 24.5. The Balaban J connectivity index is 1.38. The van der Waals surface area contributed by atoms with Crippen molar-refractivity contribution in [3.05, 3.63) is 77.2 Å². The van der Waals surface area contributed by atoms with Crippen LogP contribution in [0.3, 0.4) is 0 Å². The summed E-state index contributed by atoms with van der Waals surface area (Å²) in [5.41, 5.74) is 3.85. The van der Waals surface area contributed by atoms with Crippen LogP contribution < -0.4 is 0 Å². The molecule has 1 aliphatic heterocycles. The molecule has 0 aliphatic carbocycles. The van der Waals surface area contributed by atoms with E-state index in [1.54, 1.807) is 30.3 Å². The van der Waals surface area contributed by atoms with Crippen LogP contribution in [0.25, 0.3) is 0 Å². The Morgan fingerprint density at radius 3 is 2.93 bits per heavy atom. The van der Waals surface area contributed by atoms with E-state index in [1.807, 2.05) is 0 Å². The fourth-order valence-electron chi connectivity index (χ4n) is 3.32. The fraction of sp³-hybridized carbons (Fsp3) is 0.300. The average Bonchev–Trinajstić information content (AvgIpc) is 3.16. The monoisotopic (exact) mass is 363 g/mol. The van der Waals surface area contributed by atoms with E-state index in [-0.39, 0.29) is 5.91 Å². The molecule has 3 aromatic rings. The maximum atomic E-state index is 12.6. The van der Waals surface area contributed by atoms with Gasteiger partial charge in [0.25, 0.3) is 5.91 Å². The van der Waals surface area contributed by atoms with Crippen LogP contribution in [0.5, 0.6) is 0 Å². The van der Waals surface area contributed by atoms with Crippen LogP contribution in [0.2, 0.25) is 0 Å². The van der Waals surface area contributed by atoms with Gasteiger partial charge in [0.15, 0.2) is 11.5 Å². The Hall–Kier alpha value is -3.06. The summed E-state index contributed by atoms with van der Waals surface area (Å²) in [5.74, 6) is 0.515. The number of carbonyl (C=O) groups is 1. The Bertz CT molecular complexity index is 925. The zero-order chi connectivity index (χ0) is 18.6.